The van der Waals surface area contributed by atoms with Gasteiger partial charge in [0.05, 0.1) is 18.2 Å². The number of methoxy groups -OCH3 is 1. The van der Waals surface area contributed by atoms with Gasteiger partial charge in [0.25, 0.3) is 5.91 Å². The van der Waals surface area contributed by atoms with Crippen molar-refractivity contribution >= 4 is 22.8 Å². The molecule has 0 unspecified atom stereocenters. The van der Waals surface area contributed by atoms with Crippen LogP contribution in [0.5, 0.6) is 5.75 Å². The summed E-state index contributed by atoms with van der Waals surface area (Å²) in [7, 11) is 1.58. The summed E-state index contributed by atoms with van der Waals surface area (Å²) in [6, 6.07) is 7.36. The second kappa shape index (κ2) is 6.49. The zero-order valence-corrected chi connectivity index (χ0v) is 15.1. The predicted molar refractivity (Wildman–Crippen MR) is 98.0 cm³/mol. The molecular formula is C20H22N2O5. The first-order valence-electron chi connectivity index (χ1n) is 9.15. The molecule has 0 radical (unpaired) electrons. The van der Waals surface area contributed by atoms with Crippen LogP contribution in [0, 0.1) is 0 Å². The molecular weight excluding hydrogens is 348 g/mol. The summed E-state index contributed by atoms with van der Waals surface area (Å²) in [6.07, 6.45) is 2.21. The van der Waals surface area contributed by atoms with Crippen LogP contribution < -0.4 is 4.74 Å². The van der Waals surface area contributed by atoms with Gasteiger partial charge in [-0.2, -0.15) is 0 Å². The van der Waals surface area contributed by atoms with E-state index in [-0.39, 0.29) is 31.8 Å². The van der Waals surface area contributed by atoms with Gasteiger partial charge in [-0.05, 0) is 37.1 Å². The Kier molecular flexibility index (Phi) is 4.26. The summed E-state index contributed by atoms with van der Waals surface area (Å²) in [5.74, 6) is -0.340. The average molecular weight is 370 g/mol. The molecule has 2 heterocycles. The van der Waals surface area contributed by atoms with Crippen LogP contribution in [-0.2, 0) is 4.79 Å². The van der Waals surface area contributed by atoms with Crippen molar-refractivity contribution in [2.45, 2.75) is 37.2 Å². The van der Waals surface area contributed by atoms with E-state index in [4.69, 9.17) is 14.8 Å². The minimum atomic E-state index is -1.75. The largest absolute Gasteiger partial charge is 0.497 e. The van der Waals surface area contributed by atoms with E-state index in [2.05, 4.69) is 0 Å². The van der Waals surface area contributed by atoms with E-state index in [0.29, 0.717) is 17.2 Å². The van der Waals surface area contributed by atoms with Crippen LogP contribution >= 0.6 is 0 Å². The molecule has 1 aliphatic carbocycles. The molecule has 0 atom stereocenters. The van der Waals surface area contributed by atoms with Crippen molar-refractivity contribution in [1.29, 1.82) is 0 Å². The number of piperidine rings is 1. The highest BCUT2D eigenvalue weighted by molar-refractivity contribution is 6.06. The zero-order chi connectivity index (χ0) is 19.2. The average Bonchev–Trinajstić information content (AvgIpc) is 3.52. The van der Waals surface area contributed by atoms with Gasteiger partial charge in [0, 0.05) is 42.9 Å². The van der Waals surface area contributed by atoms with Crippen molar-refractivity contribution in [1.82, 2.24) is 9.88 Å². The van der Waals surface area contributed by atoms with Crippen LogP contribution in [0.3, 0.4) is 0 Å². The highest BCUT2D eigenvalue weighted by Gasteiger charge is 2.41. The van der Waals surface area contributed by atoms with Gasteiger partial charge in [-0.3, -0.25) is 9.78 Å². The first-order valence-corrected chi connectivity index (χ1v) is 9.15. The van der Waals surface area contributed by atoms with Crippen molar-refractivity contribution < 1.29 is 24.5 Å². The number of hydrogen-bond acceptors (Lipinski definition) is 5. The Hall–Kier alpha value is -2.67. The fraction of sp³-hybridized carbons (Fsp3) is 0.450. The maximum atomic E-state index is 13.2. The molecule has 2 aromatic rings. The van der Waals surface area contributed by atoms with Crippen LogP contribution in [0.1, 0.15) is 47.7 Å². The third-order valence-electron chi connectivity index (χ3n) is 5.54. The van der Waals surface area contributed by atoms with Crippen LogP contribution in [0.15, 0.2) is 24.3 Å². The lowest BCUT2D eigenvalue weighted by Gasteiger charge is -2.35. The second-order valence-corrected chi connectivity index (χ2v) is 7.38. The number of carboxylic acids is 1. The molecule has 0 spiro atoms. The number of fused-ring (bicyclic) bond motifs is 1. The third kappa shape index (κ3) is 3.23. The molecule has 1 aliphatic heterocycles. The predicted octanol–water partition coefficient (Wildman–Crippen LogP) is 2.17. The lowest BCUT2D eigenvalue weighted by Crippen LogP contribution is -2.50. The lowest BCUT2D eigenvalue weighted by atomic mass is 9.91. The van der Waals surface area contributed by atoms with E-state index in [0.717, 1.165) is 29.4 Å². The smallest absolute Gasteiger partial charge is 0.335 e. The van der Waals surface area contributed by atoms with Crippen LogP contribution in [-0.4, -0.2) is 57.8 Å². The Labute approximate surface area is 156 Å². The quantitative estimate of drug-likeness (QED) is 0.856. The molecule has 1 saturated heterocycles. The maximum Gasteiger partial charge on any atom is 0.335 e. The summed E-state index contributed by atoms with van der Waals surface area (Å²) in [6.45, 7) is 0.405. The number of likely N-dealkylation sites (tertiary alicyclic amines) is 1. The van der Waals surface area contributed by atoms with E-state index < -0.39 is 11.6 Å². The van der Waals surface area contributed by atoms with Gasteiger partial charge in [0.15, 0.2) is 5.60 Å². The Morgan fingerprint density at radius 3 is 2.52 bits per heavy atom. The molecule has 1 aromatic heterocycles. The maximum absolute atomic E-state index is 13.2. The highest BCUT2D eigenvalue weighted by Crippen LogP contribution is 2.40. The number of carbonyl (C=O) groups excluding carboxylic acids is 1. The van der Waals surface area contributed by atoms with E-state index in [9.17, 15) is 14.7 Å². The molecule has 142 valence electrons. The molecule has 4 rings (SSSR count). The monoisotopic (exact) mass is 370 g/mol. The molecule has 1 saturated carbocycles. The summed E-state index contributed by atoms with van der Waals surface area (Å²) in [4.78, 5) is 30.8. The number of aliphatic hydroxyl groups is 1. The third-order valence-corrected chi connectivity index (χ3v) is 5.54. The standard InChI is InChI=1S/C20H22N2O5/c1-27-13-4-5-16-14(10-13)15(11-17(21-16)12-2-3-12)18(23)22-8-6-20(26,7-9-22)19(24)25/h4-5,10-12,26H,2-3,6-9H2,1H3,(H,24,25). The molecule has 7 nitrogen and oxygen atoms in total. The van der Waals surface area contributed by atoms with Crippen molar-refractivity contribution in [2.24, 2.45) is 0 Å². The van der Waals surface area contributed by atoms with E-state index in [1.54, 1.807) is 12.0 Å². The number of nitrogens with zero attached hydrogens (tertiary/aromatic N) is 2. The number of benzene rings is 1. The Balaban J connectivity index is 1.69. The van der Waals surface area contributed by atoms with Gasteiger partial charge in [0.1, 0.15) is 5.75 Å². The van der Waals surface area contributed by atoms with Crippen LogP contribution in [0.25, 0.3) is 10.9 Å². The highest BCUT2D eigenvalue weighted by atomic mass is 16.5. The van der Waals surface area contributed by atoms with Gasteiger partial charge in [-0.1, -0.05) is 0 Å². The lowest BCUT2D eigenvalue weighted by molar-refractivity contribution is -0.162. The van der Waals surface area contributed by atoms with Gasteiger partial charge in [-0.15, -0.1) is 0 Å². The van der Waals surface area contributed by atoms with Gasteiger partial charge in [0.2, 0.25) is 0 Å². The van der Waals surface area contributed by atoms with Gasteiger partial charge >= 0.3 is 5.97 Å². The number of aromatic nitrogens is 1. The molecule has 2 fully saturated rings. The molecule has 2 aliphatic rings. The van der Waals surface area contributed by atoms with E-state index in [1.165, 1.54) is 0 Å². The Morgan fingerprint density at radius 1 is 1.22 bits per heavy atom. The number of rotatable bonds is 4. The number of aliphatic carboxylic acids is 1. The summed E-state index contributed by atoms with van der Waals surface area (Å²) in [5.41, 5.74) is 0.485. The molecule has 0 bridgehead atoms. The van der Waals surface area contributed by atoms with E-state index in [1.807, 2.05) is 24.3 Å². The minimum Gasteiger partial charge on any atom is -0.497 e. The summed E-state index contributed by atoms with van der Waals surface area (Å²) < 4.78 is 5.30. The van der Waals surface area contributed by atoms with Gasteiger partial charge < -0.3 is 19.8 Å². The summed E-state index contributed by atoms with van der Waals surface area (Å²) in [5, 5.41) is 20.0. The minimum absolute atomic E-state index is 0.0237. The Bertz CT molecular complexity index is 914. The SMILES string of the molecule is COc1ccc2nc(C3CC3)cc(C(=O)N3CCC(O)(C(=O)O)CC3)c2c1. The first-order chi connectivity index (χ1) is 12.9. The number of hydrogen-bond donors (Lipinski definition) is 2. The molecule has 1 aromatic carbocycles. The summed E-state index contributed by atoms with van der Waals surface area (Å²) >= 11 is 0. The normalized spacial score (nSPS) is 19.1. The molecule has 1 amide bonds. The number of pyridine rings is 1. The van der Waals surface area contributed by atoms with E-state index >= 15 is 0 Å². The number of carbonyl (C=O) groups is 2. The fourth-order valence-corrected chi connectivity index (χ4v) is 3.58. The van der Waals surface area contributed by atoms with Crippen molar-refractivity contribution in [2.75, 3.05) is 20.2 Å². The van der Waals surface area contributed by atoms with Crippen LogP contribution in [0.4, 0.5) is 0 Å². The fourth-order valence-electron chi connectivity index (χ4n) is 3.58. The van der Waals surface area contributed by atoms with Crippen molar-refractivity contribution in [3.63, 3.8) is 0 Å². The number of amides is 1. The molecule has 2 N–H and O–H groups in total. The first kappa shape index (κ1) is 17.7. The van der Waals surface area contributed by atoms with Crippen LogP contribution in [0.2, 0.25) is 0 Å². The topological polar surface area (TPSA) is 100.0 Å². The Morgan fingerprint density at radius 2 is 1.93 bits per heavy atom. The van der Waals surface area contributed by atoms with Crippen molar-refractivity contribution in [3.8, 4) is 5.75 Å². The van der Waals surface area contributed by atoms with Crippen molar-refractivity contribution in [3.05, 3.63) is 35.5 Å². The zero-order valence-electron chi connectivity index (χ0n) is 15.1. The van der Waals surface area contributed by atoms with Gasteiger partial charge in [-0.25, -0.2) is 4.79 Å². The number of carboxylic acid groups (broad SMARTS) is 1. The second-order valence-electron chi connectivity index (χ2n) is 7.38. The number of ether oxygens (including phenoxy) is 1. The molecule has 27 heavy (non-hydrogen) atoms. The molecule has 7 heteroatoms.